The minimum absolute atomic E-state index is 0.231. The molecule has 1 aliphatic rings. The molecule has 1 heterocycles. The number of nitrogen functional groups attached to an aromatic ring is 1. The topological polar surface area (TPSA) is 94.0 Å². The predicted octanol–water partition coefficient (Wildman–Crippen LogP) is 1.81. The summed E-state index contributed by atoms with van der Waals surface area (Å²) >= 11 is 1.21. The Labute approximate surface area is 105 Å². The molecule has 1 aliphatic carbocycles. The van der Waals surface area contributed by atoms with Crippen molar-refractivity contribution in [2.45, 2.75) is 38.6 Å². The molecule has 5 N–H and O–H groups in total. The number of nitrogens with zero attached hydrogens (tertiary/aromatic N) is 1. The number of amides is 1. The molecule has 1 amide bonds. The van der Waals surface area contributed by atoms with Gasteiger partial charge in [0, 0.05) is 6.04 Å². The number of hydrogen-bond donors (Lipinski definition) is 3. The predicted molar refractivity (Wildman–Crippen MR) is 70.1 cm³/mol. The second-order valence-corrected chi connectivity index (χ2v) is 5.51. The zero-order chi connectivity index (χ0) is 12.4. The summed E-state index contributed by atoms with van der Waals surface area (Å²) in [4.78, 5) is 11.3. The van der Waals surface area contributed by atoms with E-state index in [0.717, 1.165) is 23.8 Å². The molecule has 1 saturated carbocycles. The van der Waals surface area contributed by atoms with Crippen molar-refractivity contribution in [2.24, 2.45) is 11.7 Å². The van der Waals surface area contributed by atoms with Gasteiger partial charge in [-0.25, -0.2) is 0 Å². The number of aromatic nitrogens is 1. The van der Waals surface area contributed by atoms with E-state index in [9.17, 15) is 4.79 Å². The molecule has 0 saturated heterocycles. The van der Waals surface area contributed by atoms with E-state index in [4.69, 9.17) is 11.5 Å². The van der Waals surface area contributed by atoms with E-state index in [0.29, 0.717) is 11.6 Å². The minimum Gasteiger partial charge on any atom is -0.382 e. The van der Waals surface area contributed by atoms with Gasteiger partial charge in [0.2, 0.25) is 0 Å². The Hall–Kier alpha value is -1.30. The summed E-state index contributed by atoms with van der Waals surface area (Å²) in [5.74, 6) is 0.521. The largest absolute Gasteiger partial charge is 0.382 e. The lowest BCUT2D eigenvalue weighted by Gasteiger charge is -2.27. The van der Waals surface area contributed by atoms with E-state index >= 15 is 0 Å². The molecule has 1 aromatic heterocycles. The van der Waals surface area contributed by atoms with Crippen LogP contribution in [0.15, 0.2) is 0 Å². The molecular formula is C11H18N4OS. The summed E-state index contributed by atoms with van der Waals surface area (Å²) in [5.41, 5.74) is 11.3. The van der Waals surface area contributed by atoms with E-state index in [2.05, 4.69) is 16.6 Å². The molecule has 17 heavy (non-hydrogen) atoms. The van der Waals surface area contributed by atoms with Gasteiger partial charge in [0.05, 0.1) is 0 Å². The lowest BCUT2D eigenvalue weighted by Crippen LogP contribution is -2.26. The van der Waals surface area contributed by atoms with Gasteiger partial charge in [-0.1, -0.05) is 6.92 Å². The number of rotatable bonds is 3. The number of hydrogen-bond acceptors (Lipinski definition) is 5. The van der Waals surface area contributed by atoms with Crippen LogP contribution in [0.3, 0.4) is 0 Å². The maximum atomic E-state index is 11.3. The Morgan fingerprint density at radius 2 is 2.06 bits per heavy atom. The average Bonchev–Trinajstić information content (AvgIpc) is 2.63. The molecule has 0 atom stereocenters. The van der Waals surface area contributed by atoms with Gasteiger partial charge in [-0.05, 0) is 43.1 Å². The summed E-state index contributed by atoms with van der Waals surface area (Å²) in [6, 6.07) is 0.407. The van der Waals surface area contributed by atoms with Gasteiger partial charge in [-0.3, -0.25) is 4.79 Å². The molecule has 1 fully saturated rings. The molecule has 2 rings (SSSR count). The number of primary amides is 1. The molecule has 0 aliphatic heterocycles. The Bertz CT molecular complexity index is 410. The van der Waals surface area contributed by atoms with Crippen molar-refractivity contribution in [1.82, 2.24) is 4.37 Å². The first-order valence-corrected chi connectivity index (χ1v) is 6.66. The van der Waals surface area contributed by atoms with Crippen LogP contribution in [0.1, 0.15) is 43.0 Å². The van der Waals surface area contributed by atoms with Gasteiger partial charge in [0.1, 0.15) is 10.6 Å². The molecule has 6 heteroatoms. The van der Waals surface area contributed by atoms with Crippen molar-refractivity contribution in [3.63, 3.8) is 0 Å². The van der Waals surface area contributed by atoms with Crippen molar-refractivity contribution >= 4 is 28.3 Å². The Balaban J connectivity index is 2.06. The SMILES string of the molecule is CC1CCC(Nc2snc(N)c2C(N)=O)CC1. The number of nitrogens with one attached hydrogen (secondary N) is 1. The average molecular weight is 254 g/mol. The second-order valence-electron chi connectivity index (χ2n) is 4.74. The third-order valence-electron chi connectivity index (χ3n) is 3.32. The highest BCUT2D eigenvalue weighted by Crippen LogP contribution is 2.31. The number of carbonyl (C=O) groups is 1. The summed E-state index contributed by atoms with van der Waals surface area (Å²) in [5, 5.41) is 4.06. The molecule has 94 valence electrons. The van der Waals surface area contributed by atoms with Gasteiger partial charge in [0.25, 0.3) is 5.91 Å². The van der Waals surface area contributed by atoms with Crippen LogP contribution in [-0.2, 0) is 0 Å². The van der Waals surface area contributed by atoms with Crippen LogP contribution >= 0.6 is 11.5 Å². The summed E-state index contributed by atoms with van der Waals surface area (Å²) in [6.07, 6.45) is 4.68. The highest BCUT2D eigenvalue weighted by atomic mass is 32.1. The monoisotopic (exact) mass is 254 g/mol. The first kappa shape index (κ1) is 12.2. The number of carbonyl (C=O) groups excluding carboxylic acids is 1. The zero-order valence-electron chi connectivity index (χ0n) is 9.90. The Kier molecular flexibility index (Phi) is 3.51. The van der Waals surface area contributed by atoms with Crippen LogP contribution < -0.4 is 16.8 Å². The molecular weight excluding hydrogens is 236 g/mol. The number of nitrogens with two attached hydrogens (primary N) is 2. The fraction of sp³-hybridized carbons (Fsp3) is 0.636. The van der Waals surface area contributed by atoms with Crippen LogP contribution in [0.5, 0.6) is 0 Å². The third-order valence-corrected chi connectivity index (χ3v) is 4.11. The summed E-state index contributed by atoms with van der Waals surface area (Å²) in [6.45, 7) is 2.27. The highest BCUT2D eigenvalue weighted by Gasteiger charge is 2.22. The molecule has 5 nitrogen and oxygen atoms in total. The van der Waals surface area contributed by atoms with E-state index in [1.807, 2.05) is 0 Å². The van der Waals surface area contributed by atoms with Crippen molar-refractivity contribution in [3.8, 4) is 0 Å². The maximum Gasteiger partial charge on any atom is 0.255 e. The minimum atomic E-state index is -0.511. The van der Waals surface area contributed by atoms with E-state index in [-0.39, 0.29) is 5.82 Å². The fourth-order valence-electron chi connectivity index (χ4n) is 2.23. The molecule has 0 spiro atoms. The quantitative estimate of drug-likeness (QED) is 0.766. The first-order chi connectivity index (χ1) is 8.08. The smallest absolute Gasteiger partial charge is 0.255 e. The zero-order valence-corrected chi connectivity index (χ0v) is 10.7. The lowest BCUT2D eigenvalue weighted by molar-refractivity contribution is 0.100. The van der Waals surface area contributed by atoms with Crippen molar-refractivity contribution < 1.29 is 4.79 Å². The Morgan fingerprint density at radius 1 is 1.41 bits per heavy atom. The van der Waals surface area contributed by atoms with Gasteiger partial charge in [-0.15, -0.1) is 0 Å². The van der Waals surface area contributed by atoms with Crippen LogP contribution in [0, 0.1) is 5.92 Å². The van der Waals surface area contributed by atoms with Gasteiger partial charge in [0.15, 0.2) is 5.82 Å². The van der Waals surface area contributed by atoms with E-state index in [1.165, 1.54) is 24.4 Å². The summed E-state index contributed by atoms with van der Waals surface area (Å²) < 4.78 is 3.97. The van der Waals surface area contributed by atoms with Gasteiger partial charge < -0.3 is 16.8 Å². The normalized spacial score (nSPS) is 24.5. The van der Waals surface area contributed by atoms with Crippen molar-refractivity contribution in [3.05, 3.63) is 5.56 Å². The van der Waals surface area contributed by atoms with Crippen molar-refractivity contribution in [1.29, 1.82) is 0 Å². The molecule has 1 aromatic rings. The first-order valence-electron chi connectivity index (χ1n) is 5.89. The third kappa shape index (κ3) is 2.69. The van der Waals surface area contributed by atoms with E-state index in [1.54, 1.807) is 0 Å². The van der Waals surface area contributed by atoms with Crippen LogP contribution in [-0.4, -0.2) is 16.3 Å². The molecule has 0 bridgehead atoms. The van der Waals surface area contributed by atoms with Crippen LogP contribution in [0.25, 0.3) is 0 Å². The standard InChI is InChI=1S/C11H18N4OS/c1-6-2-4-7(5-3-6)14-11-8(10(13)16)9(12)15-17-11/h6-7,14H,2-5H2,1H3,(H2,12,15)(H2,13,16). The van der Waals surface area contributed by atoms with E-state index < -0.39 is 5.91 Å². The van der Waals surface area contributed by atoms with Crippen LogP contribution in [0.4, 0.5) is 10.8 Å². The van der Waals surface area contributed by atoms with Gasteiger partial charge >= 0.3 is 0 Å². The second kappa shape index (κ2) is 4.91. The maximum absolute atomic E-state index is 11.3. The highest BCUT2D eigenvalue weighted by molar-refractivity contribution is 7.11. The molecule has 0 radical (unpaired) electrons. The molecule has 0 aromatic carbocycles. The van der Waals surface area contributed by atoms with Crippen LogP contribution in [0.2, 0.25) is 0 Å². The fourth-order valence-corrected chi connectivity index (χ4v) is 3.03. The lowest BCUT2D eigenvalue weighted by atomic mass is 9.87. The summed E-state index contributed by atoms with van der Waals surface area (Å²) in [7, 11) is 0. The van der Waals surface area contributed by atoms with Crippen molar-refractivity contribution in [2.75, 3.05) is 11.1 Å². The molecule has 0 unspecified atom stereocenters. The number of anilines is 2. The van der Waals surface area contributed by atoms with Gasteiger partial charge in [-0.2, -0.15) is 4.37 Å². The Morgan fingerprint density at radius 3 is 2.65 bits per heavy atom.